The Morgan fingerprint density at radius 2 is 1.70 bits per heavy atom. The normalized spacial score (nSPS) is 27.7. The third-order valence-corrected chi connectivity index (χ3v) is 15.6. The summed E-state index contributed by atoms with van der Waals surface area (Å²) in [5.74, 6) is -5.44. The highest BCUT2D eigenvalue weighted by atomic mass is 35.5. The van der Waals surface area contributed by atoms with E-state index >= 15 is 4.39 Å². The molecule has 4 N–H and O–H groups in total. The van der Waals surface area contributed by atoms with E-state index in [1.54, 1.807) is 6.07 Å². The van der Waals surface area contributed by atoms with E-state index in [2.05, 4.69) is 26.3 Å². The van der Waals surface area contributed by atoms with Crippen molar-refractivity contribution in [3.63, 3.8) is 0 Å². The maximum absolute atomic E-state index is 15.1. The van der Waals surface area contributed by atoms with Crippen LogP contribution in [0.1, 0.15) is 123 Å². The molecular formula is C49H69ClF4N8O8. The smallest absolute Gasteiger partial charge is 0.403 e. The van der Waals surface area contributed by atoms with Crippen LogP contribution < -0.4 is 26.0 Å². The number of amides is 7. The average Bonchev–Trinajstić information content (AvgIpc) is 4.20. The first-order valence-electron chi connectivity index (χ1n) is 24.9. The van der Waals surface area contributed by atoms with Crippen molar-refractivity contribution < 1.29 is 55.9 Å². The number of halogens is 5. The van der Waals surface area contributed by atoms with Crippen molar-refractivity contribution in [2.45, 2.75) is 172 Å². The Morgan fingerprint density at radius 1 is 1.01 bits per heavy atom. The number of pyridine rings is 1. The fourth-order valence-corrected chi connectivity index (χ4v) is 10.9. The third kappa shape index (κ3) is 11.6. The first kappa shape index (κ1) is 53.1. The molecule has 3 heterocycles. The predicted molar refractivity (Wildman–Crippen MR) is 248 cm³/mol. The van der Waals surface area contributed by atoms with Gasteiger partial charge in [0.1, 0.15) is 47.3 Å². The fourth-order valence-electron chi connectivity index (χ4n) is 10.7. The summed E-state index contributed by atoms with van der Waals surface area (Å²) in [4.78, 5) is 107. The number of rotatable bonds is 13. The Hall–Kier alpha value is -4.75. The molecule has 2 saturated heterocycles. The van der Waals surface area contributed by atoms with E-state index in [0.717, 1.165) is 19.3 Å². The molecule has 0 unspecified atom stereocenters. The highest BCUT2D eigenvalue weighted by molar-refractivity contribution is 6.30. The van der Waals surface area contributed by atoms with Crippen LogP contribution in [-0.4, -0.2) is 143 Å². The van der Waals surface area contributed by atoms with E-state index in [1.807, 2.05) is 13.8 Å². The molecule has 0 radical (unpaired) electrons. The molecule has 6 fully saturated rings. The number of likely N-dealkylation sites (tertiary alicyclic amines) is 1. The first-order valence-corrected chi connectivity index (χ1v) is 25.3. The van der Waals surface area contributed by atoms with Gasteiger partial charge in [-0.15, -0.1) is 0 Å². The molecule has 0 aromatic carbocycles. The molecule has 1 aromatic rings. The number of aromatic nitrogens is 1. The molecule has 6 aliphatic rings. The molecule has 0 bridgehead atoms. The molecule has 4 saturated carbocycles. The van der Waals surface area contributed by atoms with Crippen molar-refractivity contribution >= 4 is 53.0 Å². The summed E-state index contributed by atoms with van der Waals surface area (Å²) in [6.45, 7) is 6.64. The topological polar surface area (TPSA) is 199 Å². The lowest BCUT2D eigenvalue weighted by Crippen LogP contribution is -2.66. The largest absolute Gasteiger partial charge is 0.477 e. The van der Waals surface area contributed by atoms with Gasteiger partial charge < -0.3 is 40.7 Å². The number of alkyl halides is 4. The molecule has 16 nitrogen and oxygen atoms in total. The number of hydrogen-bond donors (Lipinski definition) is 4. The monoisotopic (exact) mass is 1010 g/mol. The maximum Gasteiger partial charge on any atom is 0.403 e. The molecule has 7 rings (SSSR count). The summed E-state index contributed by atoms with van der Waals surface area (Å²) in [6.07, 6.45) is -0.967. The third-order valence-electron chi connectivity index (χ3n) is 15.4. The molecule has 21 heteroatoms. The fraction of sp³-hybridized carbons (Fsp3) is 0.755. The number of likely N-dealkylation sites (N-methyl/N-ethyl adjacent to an activating group) is 2. The van der Waals surface area contributed by atoms with Crippen LogP contribution >= 0.6 is 11.6 Å². The average molecular weight is 1010 g/mol. The summed E-state index contributed by atoms with van der Waals surface area (Å²) in [5.41, 5.74) is -4.29. The number of nitrogens with one attached hydrogen (secondary N) is 4. The minimum Gasteiger partial charge on any atom is -0.477 e. The lowest BCUT2D eigenvalue weighted by molar-refractivity contribution is -0.285. The van der Waals surface area contributed by atoms with Gasteiger partial charge in [0.25, 0.3) is 0 Å². The molecule has 70 heavy (non-hydrogen) atoms. The predicted octanol–water partition coefficient (Wildman–Crippen LogP) is 4.79. The summed E-state index contributed by atoms with van der Waals surface area (Å²) in [6, 6.07) is -4.96. The Bertz CT molecular complexity index is 2180. The van der Waals surface area contributed by atoms with E-state index in [-0.39, 0.29) is 42.6 Å². The Labute approximate surface area is 411 Å². The summed E-state index contributed by atoms with van der Waals surface area (Å²) < 4.78 is 65.3. The van der Waals surface area contributed by atoms with Crippen LogP contribution in [0.5, 0.6) is 5.88 Å². The Balaban J connectivity index is 1.12. The van der Waals surface area contributed by atoms with Gasteiger partial charge in [-0.05, 0) is 120 Å². The van der Waals surface area contributed by atoms with Gasteiger partial charge >= 0.3 is 6.18 Å². The van der Waals surface area contributed by atoms with Crippen molar-refractivity contribution in [2.24, 2.45) is 28.6 Å². The van der Waals surface area contributed by atoms with Gasteiger partial charge in [-0.3, -0.25) is 33.6 Å². The zero-order valence-corrected chi connectivity index (χ0v) is 41.8. The van der Waals surface area contributed by atoms with Crippen LogP contribution in [-0.2, 0) is 40.0 Å². The van der Waals surface area contributed by atoms with Gasteiger partial charge in [0.05, 0.1) is 18.2 Å². The Morgan fingerprint density at radius 3 is 2.30 bits per heavy atom. The van der Waals surface area contributed by atoms with Crippen molar-refractivity contribution in [3.05, 3.63) is 22.8 Å². The zero-order valence-electron chi connectivity index (χ0n) is 41.0. The molecule has 2 aliphatic heterocycles. The second-order valence-corrected chi connectivity index (χ2v) is 22.4. The molecule has 388 valence electrons. The van der Waals surface area contributed by atoms with Gasteiger partial charge in [-0.1, -0.05) is 31.9 Å². The van der Waals surface area contributed by atoms with Crippen molar-refractivity contribution in [1.29, 1.82) is 0 Å². The van der Waals surface area contributed by atoms with Crippen LogP contribution in [0, 0.1) is 28.6 Å². The standard InChI is InChI=1S/C49H69ClF4N8O8/c1-27(2)18-33-42(66)61(6)35(20-30-19-31(50)22-56-41(30)70-24-28-11-12-28)40(65)59-46(3,4)44(68)55-17-8-7-10-34(38(63)57-33)60(5)43(67)37(29-13-14-29)58-39(64)36-21-32(51)23-62(36)45(69)48(49(52,53)54)25-47(26-48)15-9-16-47/h19,22,27-29,32-37H,7-18,20-21,23-26H2,1-6H3,(H,55,68)(H,57,63)(H,58,64)(H,59,65)/t32-,33+,34+,35+,36+,37+/m1/s1. The van der Waals surface area contributed by atoms with Gasteiger partial charge in [0.15, 0.2) is 0 Å². The van der Waals surface area contributed by atoms with Crippen LogP contribution in [0.25, 0.3) is 0 Å². The second kappa shape index (κ2) is 20.8. The minimum absolute atomic E-state index is 0.0529. The lowest BCUT2D eigenvalue weighted by Gasteiger charge is -2.60. The summed E-state index contributed by atoms with van der Waals surface area (Å²) in [7, 11) is 2.80. The van der Waals surface area contributed by atoms with Crippen molar-refractivity contribution in [2.75, 3.05) is 33.8 Å². The number of carbonyl (C=O) groups is 7. The Kier molecular flexibility index (Phi) is 15.7. The highest BCUT2D eigenvalue weighted by Gasteiger charge is 2.74. The van der Waals surface area contributed by atoms with Gasteiger partial charge in [-0.2, -0.15) is 13.2 Å². The van der Waals surface area contributed by atoms with E-state index in [9.17, 15) is 46.7 Å². The van der Waals surface area contributed by atoms with Gasteiger partial charge in [0.2, 0.25) is 47.2 Å². The molecule has 7 amide bonds. The zero-order chi connectivity index (χ0) is 51.1. The van der Waals surface area contributed by atoms with E-state index in [4.69, 9.17) is 16.3 Å². The SMILES string of the molecule is CC(C)C[C@@H]1NC(=O)[C@@H](N(C)C(=O)[C@@H](NC(=O)[C@@H]2C[C@@H](F)CN2C(=O)C2(C(F)(F)F)CC3(CCC3)C2)C2CC2)CCCCNC(=O)C(C)(C)NC(=O)[C@H](Cc2cc(Cl)cnc2OCC2CC2)N(C)C1=O. The van der Waals surface area contributed by atoms with Gasteiger partial charge in [-0.25, -0.2) is 9.37 Å². The molecule has 6 atom stereocenters. The van der Waals surface area contributed by atoms with Crippen molar-refractivity contribution in [3.8, 4) is 5.88 Å². The van der Waals surface area contributed by atoms with Crippen LogP contribution in [0.15, 0.2) is 12.3 Å². The number of hydrogen-bond acceptors (Lipinski definition) is 9. The minimum atomic E-state index is -4.91. The van der Waals surface area contributed by atoms with Crippen LogP contribution in [0.3, 0.4) is 0 Å². The first-order chi connectivity index (χ1) is 32.8. The highest BCUT2D eigenvalue weighted by Crippen LogP contribution is 2.69. The summed E-state index contributed by atoms with van der Waals surface area (Å²) in [5, 5.41) is 11.4. The lowest BCUT2D eigenvalue weighted by atomic mass is 9.44. The van der Waals surface area contributed by atoms with E-state index in [0.29, 0.717) is 61.5 Å². The quantitative estimate of drug-likeness (QED) is 0.201. The molecular weight excluding hydrogens is 940 g/mol. The van der Waals surface area contributed by atoms with E-state index in [1.165, 1.54) is 43.9 Å². The second-order valence-electron chi connectivity index (χ2n) is 22.0. The molecule has 1 aromatic heterocycles. The van der Waals surface area contributed by atoms with Gasteiger partial charge in [0, 0.05) is 45.2 Å². The number of ether oxygens (including phenoxy) is 1. The van der Waals surface area contributed by atoms with Crippen LogP contribution in [0.4, 0.5) is 17.6 Å². The van der Waals surface area contributed by atoms with E-state index < -0.39 is 132 Å². The molecule has 4 aliphatic carbocycles. The number of carbonyl (C=O) groups excluding carboxylic acids is 7. The van der Waals surface area contributed by atoms with Crippen LogP contribution in [0.2, 0.25) is 5.02 Å². The number of nitrogens with zero attached hydrogens (tertiary/aromatic N) is 4. The van der Waals surface area contributed by atoms with Crippen molar-refractivity contribution in [1.82, 2.24) is 41.0 Å². The maximum atomic E-state index is 15.1. The molecule has 1 spiro atoms. The summed E-state index contributed by atoms with van der Waals surface area (Å²) >= 11 is 6.40.